The highest BCUT2D eigenvalue weighted by Gasteiger charge is 2.58. The topological polar surface area (TPSA) is 563 Å². The van der Waals surface area contributed by atoms with Crippen molar-refractivity contribution in [1.82, 2.24) is 10.6 Å². The smallest absolute Gasteiger partial charge is 0.217 e. The zero-order chi connectivity index (χ0) is 61.9. The lowest BCUT2D eigenvalue weighted by Gasteiger charge is -2.50. The highest BCUT2D eigenvalue weighted by atomic mass is 16.8. The number of hydrogen-bond acceptors (Lipinski definition) is 34. The van der Waals surface area contributed by atoms with E-state index in [9.17, 15) is 107 Å². The molecule has 7 saturated heterocycles. The zero-order valence-corrected chi connectivity index (χ0v) is 45.8. The second-order valence-corrected chi connectivity index (χ2v) is 21.8. The van der Waals surface area contributed by atoms with Gasteiger partial charge in [0.25, 0.3) is 0 Å². The molecule has 7 aliphatic heterocycles. The lowest BCUT2D eigenvalue weighted by Crippen LogP contribution is -2.70. The molecular weight excluding hydrogens is 1150 g/mol. The van der Waals surface area contributed by atoms with E-state index in [1.807, 2.05) is 0 Å². The molecule has 0 aromatic rings. The third-order valence-electron chi connectivity index (χ3n) is 16.0. The molecule has 0 bridgehead atoms. The van der Waals surface area contributed by atoms with E-state index < -0.39 is 273 Å². The summed E-state index contributed by atoms with van der Waals surface area (Å²) in [5, 5.41) is 210. The fraction of sp³-hybridized carbons (Fsp3) is 0.958. The third-order valence-corrected chi connectivity index (χ3v) is 16.0. The van der Waals surface area contributed by atoms with E-state index in [0.717, 1.165) is 6.92 Å². The third kappa shape index (κ3) is 14.9. The normalized spacial score (nSPS) is 50.3. The fourth-order valence-electron chi connectivity index (χ4n) is 11.1. The molecule has 2 amide bonds. The van der Waals surface area contributed by atoms with Crippen molar-refractivity contribution >= 4 is 11.8 Å². The molecule has 35 atom stereocenters. The van der Waals surface area contributed by atoms with Crippen LogP contribution in [0.3, 0.4) is 0 Å². The van der Waals surface area contributed by atoms with Crippen molar-refractivity contribution in [1.29, 1.82) is 0 Å². The maximum absolute atomic E-state index is 12.7. The predicted molar refractivity (Wildman–Crippen MR) is 262 cm³/mol. The van der Waals surface area contributed by atoms with Crippen LogP contribution in [0, 0.1) is 5.92 Å². The first-order valence-electron chi connectivity index (χ1n) is 27.3. The minimum atomic E-state index is -2.28. The Morgan fingerprint density at radius 1 is 0.333 bits per heavy atom. The van der Waals surface area contributed by atoms with Gasteiger partial charge < -0.3 is 169 Å². The first kappa shape index (κ1) is 69.1. The van der Waals surface area contributed by atoms with Crippen molar-refractivity contribution in [2.75, 3.05) is 46.2 Å². The van der Waals surface area contributed by atoms with Gasteiger partial charge in [0.2, 0.25) is 11.8 Å². The van der Waals surface area contributed by atoms with E-state index in [2.05, 4.69) is 10.6 Å². The van der Waals surface area contributed by atoms with E-state index in [1.165, 1.54) is 20.8 Å². The molecule has 0 aromatic carbocycles. The van der Waals surface area contributed by atoms with Crippen LogP contribution in [0.5, 0.6) is 0 Å². The van der Waals surface area contributed by atoms with Gasteiger partial charge in [0, 0.05) is 19.8 Å². The Labute approximate surface area is 478 Å². The molecule has 14 unspecified atom stereocenters. The molecule has 0 aromatic heterocycles. The fourth-order valence-corrected chi connectivity index (χ4v) is 11.1. The van der Waals surface area contributed by atoms with Crippen molar-refractivity contribution in [3.8, 4) is 0 Å². The molecule has 36 heteroatoms. The lowest BCUT2D eigenvalue weighted by molar-refractivity contribution is -0.385. The van der Waals surface area contributed by atoms with Crippen LogP contribution >= 0.6 is 0 Å². The lowest BCUT2D eigenvalue weighted by atomic mass is 9.90. The molecule has 7 rings (SSSR count). The first-order chi connectivity index (χ1) is 39.7. The van der Waals surface area contributed by atoms with Gasteiger partial charge in [-0.3, -0.25) is 9.59 Å². The first-order valence-corrected chi connectivity index (χ1v) is 27.3. The predicted octanol–water partition coefficient (Wildman–Crippen LogP) is -13.6. The molecule has 0 saturated carbocycles. The summed E-state index contributed by atoms with van der Waals surface area (Å²) in [4.78, 5) is 24.8. The van der Waals surface area contributed by atoms with Gasteiger partial charge in [-0.1, -0.05) is 6.92 Å². The van der Waals surface area contributed by atoms with Crippen LogP contribution in [0.1, 0.15) is 27.7 Å². The quantitative estimate of drug-likeness (QED) is 0.0507. The van der Waals surface area contributed by atoms with E-state index in [-0.39, 0.29) is 0 Å². The molecule has 36 nitrogen and oxygen atoms in total. The van der Waals surface area contributed by atoms with Gasteiger partial charge in [-0.15, -0.1) is 0 Å². The maximum Gasteiger partial charge on any atom is 0.217 e. The molecular formula is C48H82N2O34. The highest BCUT2D eigenvalue weighted by Crippen LogP contribution is 2.38. The van der Waals surface area contributed by atoms with Crippen LogP contribution < -0.4 is 10.6 Å². The molecule has 0 aliphatic carbocycles. The van der Waals surface area contributed by atoms with Crippen LogP contribution in [0.15, 0.2) is 0 Å². The number of aliphatic hydroxyl groups is 19. The molecule has 84 heavy (non-hydrogen) atoms. The largest absolute Gasteiger partial charge is 0.394 e. The monoisotopic (exact) mass is 1230 g/mol. The number of nitrogens with one attached hydrogen (secondary N) is 2. The maximum atomic E-state index is 12.7. The van der Waals surface area contributed by atoms with Crippen LogP contribution in [0.4, 0.5) is 0 Å². The van der Waals surface area contributed by atoms with Gasteiger partial charge >= 0.3 is 0 Å². The molecule has 7 heterocycles. The summed E-state index contributed by atoms with van der Waals surface area (Å²) in [5.74, 6) is -2.48. The van der Waals surface area contributed by atoms with Crippen molar-refractivity contribution in [2.45, 2.75) is 236 Å². The van der Waals surface area contributed by atoms with Gasteiger partial charge in [0.05, 0.1) is 70.6 Å². The Morgan fingerprint density at radius 3 is 1.15 bits per heavy atom. The number of hydrogen-bond donors (Lipinski definition) is 21. The molecule has 0 spiro atoms. The van der Waals surface area contributed by atoms with Gasteiger partial charge in [-0.25, -0.2) is 0 Å². The standard InChI is InChI=1S/C48H82N2O34/c1-12-21(10-72-44-34(67)31(64)25(58)16(5-51)75-44)79-45(37(70)39(12)81-46-35(68)32(65)26(59)17(6-52)76-46)73-11-22-28(61)42(84-47-36(69)33(66)27(60)18(7-53)77-47)38(71)48(80-22)83-41-20(9-55)78-43(24(30(41)63)50-15(4)57)82-40-19(8-54)74-13(2)23(29(40)62)49-14(3)56/h12-13,16-48,51-55,58-71H,5-11H2,1-4H3,(H,49,56)(H,50,57)/t12-,13+,16?,17+,18+,19?,20?,21?,22?,23?,24?,25-,26-,27-,28-,29-,30-,31+,32?,33?,34?,35?,36?,37?,38?,39+,40-,41-,42+,43+,44+,45+,46-,47-,48+/m1/s1. The summed E-state index contributed by atoms with van der Waals surface area (Å²) in [6.07, 6.45) is -58.1. The Hall–Kier alpha value is -2.34. The van der Waals surface area contributed by atoms with E-state index in [0.29, 0.717) is 0 Å². The van der Waals surface area contributed by atoms with Crippen LogP contribution in [0.25, 0.3) is 0 Å². The summed E-state index contributed by atoms with van der Waals surface area (Å²) in [6.45, 7) is -0.942. The summed E-state index contributed by atoms with van der Waals surface area (Å²) in [6, 6.07) is -2.83. The summed E-state index contributed by atoms with van der Waals surface area (Å²) in [5.41, 5.74) is 0. The number of carbonyl (C=O) groups is 2. The Kier molecular flexibility index (Phi) is 24.7. The Balaban J connectivity index is 1.17. The minimum Gasteiger partial charge on any atom is -0.394 e. The van der Waals surface area contributed by atoms with Crippen molar-refractivity contribution < 1.29 is 168 Å². The molecule has 0 radical (unpaired) electrons. The van der Waals surface area contributed by atoms with Crippen LogP contribution in [-0.2, 0) is 71.2 Å². The van der Waals surface area contributed by atoms with Crippen LogP contribution in [-0.4, -0.2) is 364 Å². The zero-order valence-electron chi connectivity index (χ0n) is 45.8. The highest BCUT2D eigenvalue weighted by molar-refractivity contribution is 5.73. The minimum absolute atomic E-state index is 0.569. The van der Waals surface area contributed by atoms with Crippen molar-refractivity contribution in [3.05, 3.63) is 0 Å². The molecule has 7 fully saturated rings. The van der Waals surface area contributed by atoms with Gasteiger partial charge in [-0.2, -0.15) is 0 Å². The summed E-state index contributed by atoms with van der Waals surface area (Å²) in [7, 11) is 0. The van der Waals surface area contributed by atoms with E-state index in [1.54, 1.807) is 0 Å². The molecule has 21 N–H and O–H groups in total. The second-order valence-electron chi connectivity index (χ2n) is 21.8. The van der Waals surface area contributed by atoms with Crippen molar-refractivity contribution in [2.24, 2.45) is 5.92 Å². The van der Waals surface area contributed by atoms with Gasteiger partial charge in [0.1, 0.15) is 146 Å². The number of carbonyl (C=O) groups excluding carboxylic acids is 2. The number of rotatable bonds is 21. The average molecular weight is 1230 g/mol. The second kappa shape index (κ2) is 30.0. The Morgan fingerprint density at radius 2 is 0.667 bits per heavy atom. The average Bonchev–Trinajstić information content (AvgIpc) is 1.63. The van der Waals surface area contributed by atoms with E-state index in [4.69, 9.17) is 61.6 Å². The summed E-state index contributed by atoms with van der Waals surface area (Å²) < 4.78 is 76.3. The SMILES string of the molecule is CC(=O)NC1[C@H](O[C@@H]2C(CO)O[C@@H](C)C(NC(C)=O)[C@H]2O)OC(CO)[C@@H](O[C@@H]2OC(CO[C@H]3OC(CO[C@H]4OC(CO)[C@@H](O)[C@H](O)C4O)[C@@H](C)[C@H](O[C@H]4O[C@@H](CO)[C@@H](O)C(O)C4O)C3O)[C@@H](O)[C@H](O[C@H]3O[C@@H](CO)[C@@H](O)C(O)C3O)C2O)[C@@H]1O. The molecule has 488 valence electrons. The van der Waals surface area contributed by atoms with E-state index >= 15 is 0 Å². The number of amides is 2. The van der Waals surface area contributed by atoms with Crippen LogP contribution in [0.2, 0.25) is 0 Å². The summed E-state index contributed by atoms with van der Waals surface area (Å²) >= 11 is 0. The van der Waals surface area contributed by atoms with Gasteiger partial charge in [-0.05, 0) is 6.92 Å². The Bertz CT molecular complexity index is 2060. The molecule has 7 aliphatic rings. The number of ether oxygens (including phenoxy) is 13. The number of aliphatic hydroxyl groups excluding tert-OH is 19. The van der Waals surface area contributed by atoms with Gasteiger partial charge in [0.15, 0.2) is 37.7 Å². The van der Waals surface area contributed by atoms with Crippen molar-refractivity contribution in [3.63, 3.8) is 0 Å².